The highest BCUT2D eigenvalue weighted by molar-refractivity contribution is 6.17. The van der Waals surface area contributed by atoms with Crippen molar-refractivity contribution < 1.29 is 4.74 Å². The van der Waals surface area contributed by atoms with Crippen molar-refractivity contribution in [1.29, 1.82) is 0 Å². The lowest BCUT2D eigenvalue weighted by Crippen LogP contribution is -2.01. The Labute approximate surface area is 117 Å². The minimum atomic E-state index is 0.665. The summed E-state index contributed by atoms with van der Waals surface area (Å²) in [6.07, 6.45) is 4.24. The maximum absolute atomic E-state index is 5.89. The summed E-state index contributed by atoms with van der Waals surface area (Å²) < 4.78 is 5.89. The van der Waals surface area contributed by atoms with Gasteiger partial charge in [0.05, 0.1) is 0 Å². The largest absolute Gasteiger partial charge is 0.488 e. The second-order valence-electron chi connectivity index (χ2n) is 5.33. The highest BCUT2D eigenvalue weighted by atomic mass is 16.5. The third-order valence-electron chi connectivity index (χ3n) is 4.27. The van der Waals surface area contributed by atoms with Crippen LogP contribution in [0.5, 0.6) is 5.75 Å². The molecule has 0 radical (unpaired) electrons. The molecule has 0 saturated heterocycles. The molecule has 0 amide bonds. The van der Waals surface area contributed by atoms with Crippen LogP contribution in [0.2, 0.25) is 0 Å². The first kappa shape index (κ1) is 10.3. The van der Waals surface area contributed by atoms with Crippen molar-refractivity contribution in [3.05, 3.63) is 60.2 Å². The molecule has 1 heterocycles. The molecular weight excluding hydrogens is 244 g/mol. The van der Waals surface area contributed by atoms with Crippen molar-refractivity contribution in [3.8, 4) is 28.0 Å². The van der Waals surface area contributed by atoms with Crippen molar-refractivity contribution in [2.45, 2.75) is 0 Å². The monoisotopic (exact) mass is 256 g/mol. The Hall–Kier alpha value is -2.54. The zero-order chi connectivity index (χ0) is 13.1. The van der Waals surface area contributed by atoms with Gasteiger partial charge in [-0.1, -0.05) is 48.5 Å². The van der Waals surface area contributed by atoms with E-state index in [0.29, 0.717) is 6.61 Å². The number of ether oxygens (including phenoxy) is 1. The molecular formula is C19H12O. The van der Waals surface area contributed by atoms with E-state index in [1.165, 1.54) is 38.6 Å². The molecule has 0 unspecified atom stereocenters. The Kier molecular flexibility index (Phi) is 1.80. The molecule has 0 spiro atoms. The summed E-state index contributed by atoms with van der Waals surface area (Å²) in [4.78, 5) is 0. The van der Waals surface area contributed by atoms with Gasteiger partial charge in [-0.25, -0.2) is 0 Å². The van der Waals surface area contributed by atoms with E-state index in [2.05, 4.69) is 60.7 Å². The molecule has 3 aromatic rings. The van der Waals surface area contributed by atoms with Gasteiger partial charge in [-0.2, -0.15) is 0 Å². The fourth-order valence-corrected chi connectivity index (χ4v) is 3.46. The van der Waals surface area contributed by atoms with Crippen LogP contribution in [-0.4, -0.2) is 6.61 Å². The molecule has 1 aliphatic heterocycles. The van der Waals surface area contributed by atoms with E-state index >= 15 is 0 Å². The number of hydrogen-bond donors (Lipinski definition) is 0. The molecule has 5 rings (SSSR count). The minimum absolute atomic E-state index is 0.665. The third kappa shape index (κ3) is 1.13. The van der Waals surface area contributed by atoms with E-state index in [0.717, 1.165) is 5.75 Å². The smallest absolute Gasteiger partial charge is 0.134 e. The van der Waals surface area contributed by atoms with Crippen LogP contribution in [0.1, 0.15) is 5.56 Å². The summed E-state index contributed by atoms with van der Waals surface area (Å²) in [5.74, 6) is 1.03. The summed E-state index contributed by atoms with van der Waals surface area (Å²) in [6, 6.07) is 17.4. The van der Waals surface area contributed by atoms with Crippen molar-refractivity contribution in [2.75, 3.05) is 6.61 Å². The van der Waals surface area contributed by atoms with Crippen molar-refractivity contribution in [2.24, 2.45) is 0 Å². The van der Waals surface area contributed by atoms with Gasteiger partial charge >= 0.3 is 0 Å². The van der Waals surface area contributed by atoms with Crippen LogP contribution in [0.3, 0.4) is 0 Å². The Morgan fingerprint density at radius 3 is 2.50 bits per heavy atom. The predicted octanol–water partition coefficient (Wildman–Crippen LogP) is 4.89. The van der Waals surface area contributed by atoms with Crippen LogP contribution in [0, 0.1) is 0 Å². The van der Waals surface area contributed by atoms with Crippen molar-refractivity contribution >= 4 is 16.8 Å². The minimum Gasteiger partial charge on any atom is -0.488 e. The Morgan fingerprint density at radius 2 is 1.60 bits per heavy atom. The van der Waals surface area contributed by atoms with Crippen LogP contribution in [0.25, 0.3) is 39.1 Å². The van der Waals surface area contributed by atoms with Gasteiger partial charge < -0.3 is 4.74 Å². The number of rotatable bonds is 0. The second-order valence-corrected chi connectivity index (χ2v) is 5.33. The van der Waals surface area contributed by atoms with Gasteiger partial charge in [-0.3, -0.25) is 0 Å². The molecule has 1 aliphatic carbocycles. The quantitative estimate of drug-likeness (QED) is 0.435. The zero-order valence-electron chi connectivity index (χ0n) is 10.9. The summed E-state index contributed by atoms with van der Waals surface area (Å²) in [5, 5.41) is 2.57. The Bertz CT molecular complexity index is 903. The lowest BCUT2D eigenvalue weighted by Gasteiger charge is -2.16. The Morgan fingerprint density at radius 1 is 0.800 bits per heavy atom. The Balaban J connectivity index is 2.03. The first-order valence-corrected chi connectivity index (χ1v) is 6.92. The number of hydrogen-bond acceptors (Lipinski definition) is 1. The summed E-state index contributed by atoms with van der Waals surface area (Å²) >= 11 is 0. The second kappa shape index (κ2) is 3.51. The molecule has 0 saturated carbocycles. The summed E-state index contributed by atoms with van der Waals surface area (Å²) in [5.41, 5.74) is 6.52. The van der Waals surface area contributed by atoms with Crippen LogP contribution in [-0.2, 0) is 0 Å². The van der Waals surface area contributed by atoms with Gasteiger partial charge in [-0.15, -0.1) is 0 Å². The van der Waals surface area contributed by atoms with Gasteiger partial charge in [-0.05, 0) is 34.4 Å². The maximum Gasteiger partial charge on any atom is 0.134 e. The van der Waals surface area contributed by atoms with Crippen LogP contribution in [0.4, 0.5) is 0 Å². The van der Waals surface area contributed by atoms with E-state index in [1.807, 2.05) is 0 Å². The third-order valence-corrected chi connectivity index (χ3v) is 4.27. The van der Waals surface area contributed by atoms with Crippen LogP contribution >= 0.6 is 0 Å². The lowest BCUT2D eigenvalue weighted by atomic mass is 9.97. The average Bonchev–Trinajstić information content (AvgIpc) is 2.84. The average molecular weight is 256 g/mol. The maximum atomic E-state index is 5.89. The number of fused-ring (bicyclic) bond motifs is 5. The van der Waals surface area contributed by atoms with E-state index in [4.69, 9.17) is 4.74 Å². The first-order valence-electron chi connectivity index (χ1n) is 6.92. The molecule has 1 heteroatoms. The molecule has 0 N–H and O–H groups in total. The highest BCUT2D eigenvalue weighted by Crippen LogP contribution is 2.50. The number of benzene rings is 3. The SMILES string of the molecule is C1=Cc2cc3c4c(cccc4c2OC1)-c1ccccc1-3. The molecule has 0 aromatic heterocycles. The van der Waals surface area contributed by atoms with Gasteiger partial charge in [0, 0.05) is 16.3 Å². The molecule has 20 heavy (non-hydrogen) atoms. The fraction of sp³-hybridized carbons (Fsp3) is 0.0526. The van der Waals surface area contributed by atoms with E-state index in [9.17, 15) is 0 Å². The summed E-state index contributed by atoms with van der Waals surface area (Å²) in [6.45, 7) is 0.665. The molecule has 3 aromatic carbocycles. The van der Waals surface area contributed by atoms with Gasteiger partial charge in [0.25, 0.3) is 0 Å². The van der Waals surface area contributed by atoms with Crippen molar-refractivity contribution in [3.63, 3.8) is 0 Å². The lowest BCUT2D eigenvalue weighted by molar-refractivity contribution is 0.363. The fourth-order valence-electron chi connectivity index (χ4n) is 3.46. The van der Waals surface area contributed by atoms with Crippen LogP contribution < -0.4 is 4.74 Å². The summed E-state index contributed by atoms with van der Waals surface area (Å²) in [7, 11) is 0. The normalized spacial score (nSPS) is 14.0. The standard InChI is InChI=1S/C19H12O/c1-2-7-14-13(6-1)15-8-3-9-16-18(15)17(14)11-12-5-4-10-20-19(12)16/h1-9,11H,10H2. The topological polar surface area (TPSA) is 9.23 Å². The molecule has 2 aliphatic rings. The highest BCUT2D eigenvalue weighted by Gasteiger charge is 2.24. The molecule has 94 valence electrons. The van der Waals surface area contributed by atoms with Gasteiger partial charge in [0.15, 0.2) is 0 Å². The zero-order valence-corrected chi connectivity index (χ0v) is 10.9. The van der Waals surface area contributed by atoms with Gasteiger partial charge in [0.2, 0.25) is 0 Å². The molecule has 0 bridgehead atoms. The van der Waals surface area contributed by atoms with E-state index < -0.39 is 0 Å². The first-order chi connectivity index (χ1) is 9.93. The van der Waals surface area contributed by atoms with E-state index in [-0.39, 0.29) is 0 Å². The predicted molar refractivity (Wildman–Crippen MR) is 82.9 cm³/mol. The van der Waals surface area contributed by atoms with Crippen molar-refractivity contribution in [1.82, 2.24) is 0 Å². The molecule has 0 atom stereocenters. The molecule has 1 nitrogen and oxygen atoms in total. The van der Waals surface area contributed by atoms with Crippen LogP contribution in [0.15, 0.2) is 54.6 Å². The van der Waals surface area contributed by atoms with E-state index in [1.54, 1.807) is 0 Å². The molecule has 0 fully saturated rings. The van der Waals surface area contributed by atoms with Gasteiger partial charge in [0.1, 0.15) is 12.4 Å².